The third-order valence-electron chi connectivity index (χ3n) is 7.82. The first kappa shape index (κ1) is 22.0. The van der Waals surface area contributed by atoms with Gasteiger partial charge in [-0.15, -0.1) is 0 Å². The Morgan fingerprint density at radius 2 is 1.88 bits per heavy atom. The summed E-state index contributed by atoms with van der Waals surface area (Å²) in [6.07, 6.45) is 1.71. The van der Waals surface area contributed by atoms with Crippen molar-refractivity contribution in [2.24, 2.45) is 23.7 Å². The molecule has 5 atom stereocenters. The Hall–Kier alpha value is -2.86. The van der Waals surface area contributed by atoms with Crippen molar-refractivity contribution in [2.75, 3.05) is 6.54 Å². The quantitative estimate of drug-likeness (QED) is 0.609. The van der Waals surface area contributed by atoms with Crippen molar-refractivity contribution in [1.82, 2.24) is 15.5 Å². The molecule has 4 aliphatic rings. The van der Waals surface area contributed by atoms with E-state index in [1.165, 1.54) is 5.56 Å². The average Bonchev–Trinajstić information content (AvgIpc) is 3.02. The van der Waals surface area contributed by atoms with Crippen LogP contribution in [0.2, 0.25) is 0 Å². The molecular formula is C27H33N3O3. The van der Waals surface area contributed by atoms with Gasteiger partial charge < -0.3 is 15.7 Å². The molecule has 0 aromatic heterocycles. The molecule has 0 spiro atoms. The van der Waals surface area contributed by atoms with Crippen LogP contribution in [0.5, 0.6) is 5.75 Å². The molecule has 174 valence electrons. The number of aromatic hydroxyl groups is 1. The molecule has 2 aromatic rings. The van der Waals surface area contributed by atoms with Gasteiger partial charge in [0.05, 0.1) is 0 Å². The fraction of sp³-hybridized carbons (Fsp3) is 0.481. The first-order valence-corrected chi connectivity index (χ1v) is 12.0. The zero-order valence-corrected chi connectivity index (χ0v) is 19.3. The molecule has 3 N–H and O–H groups in total. The number of amides is 2. The molecule has 1 saturated carbocycles. The highest BCUT2D eigenvalue weighted by molar-refractivity contribution is 5.97. The van der Waals surface area contributed by atoms with Gasteiger partial charge in [-0.2, -0.15) is 0 Å². The number of piperidine rings is 2. The summed E-state index contributed by atoms with van der Waals surface area (Å²) < 4.78 is 0. The Kier molecular flexibility index (Phi) is 5.65. The topological polar surface area (TPSA) is 81.7 Å². The molecule has 6 heteroatoms. The second-order valence-corrected chi connectivity index (χ2v) is 10.4. The highest BCUT2D eigenvalue weighted by atomic mass is 16.3. The zero-order chi connectivity index (χ0) is 23.2. The molecule has 3 heterocycles. The lowest BCUT2D eigenvalue weighted by Crippen LogP contribution is -2.77. The highest BCUT2D eigenvalue weighted by Crippen LogP contribution is 2.54. The Morgan fingerprint density at radius 1 is 1.15 bits per heavy atom. The van der Waals surface area contributed by atoms with E-state index in [-0.39, 0.29) is 41.4 Å². The van der Waals surface area contributed by atoms with Crippen LogP contribution in [0.25, 0.3) is 0 Å². The van der Waals surface area contributed by atoms with Crippen molar-refractivity contribution in [2.45, 2.75) is 51.4 Å². The van der Waals surface area contributed by atoms with Gasteiger partial charge in [-0.3, -0.25) is 14.5 Å². The summed E-state index contributed by atoms with van der Waals surface area (Å²) >= 11 is 0. The number of phenols is 1. The van der Waals surface area contributed by atoms with E-state index in [9.17, 15) is 14.7 Å². The number of hydrogen-bond acceptors (Lipinski definition) is 4. The molecule has 0 radical (unpaired) electrons. The average molecular weight is 448 g/mol. The van der Waals surface area contributed by atoms with Gasteiger partial charge in [-0.25, -0.2) is 0 Å². The normalized spacial score (nSPS) is 30.5. The van der Waals surface area contributed by atoms with E-state index in [1.807, 2.05) is 18.2 Å². The Balaban J connectivity index is 1.46. The van der Waals surface area contributed by atoms with Gasteiger partial charge in [0.1, 0.15) is 11.3 Å². The molecule has 3 aliphatic heterocycles. The maximum atomic E-state index is 13.8. The zero-order valence-electron chi connectivity index (χ0n) is 19.3. The van der Waals surface area contributed by atoms with Crippen LogP contribution in [-0.2, 0) is 22.7 Å². The number of nitrogens with one attached hydrogen (secondary N) is 2. The van der Waals surface area contributed by atoms with E-state index >= 15 is 0 Å². The van der Waals surface area contributed by atoms with E-state index in [1.54, 1.807) is 12.1 Å². The molecule has 2 amide bonds. The molecule has 4 bridgehead atoms. The van der Waals surface area contributed by atoms with Crippen LogP contribution in [0.15, 0.2) is 54.6 Å². The van der Waals surface area contributed by atoms with Gasteiger partial charge in [0.15, 0.2) is 0 Å². The maximum absolute atomic E-state index is 13.8. The second kappa shape index (κ2) is 8.49. The first-order chi connectivity index (χ1) is 15.9. The molecule has 4 fully saturated rings. The van der Waals surface area contributed by atoms with Crippen molar-refractivity contribution in [1.29, 1.82) is 0 Å². The molecule has 0 unspecified atom stereocenters. The number of likely N-dealkylation sites (tertiary alicyclic amines) is 1. The highest BCUT2D eigenvalue weighted by Gasteiger charge is 2.70. The summed E-state index contributed by atoms with van der Waals surface area (Å²) in [6, 6.07) is 17.2. The van der Waals surface area contributed by atoms with Gasteiger partial charge in [-0.1, -0.05) is 56.3 Å². The number of hydrogen-bond donors (Lipinski definition) is 3. The fourth-order valence-corrected chi connectivity index (χ4v) is 6.55. The van der Waals surface area contributed by atoms with Gasteiger partial charge >= 0.3 is 0 Å². The lowest BCUT2D eigenvalue weighted by atomic mass is 9.57. The predicted octanol–water partition coefficient (Wildman–Crippen LogP) is 3.06. The van der Waals surface area contributed by atoms with Crippen LogP contribution < -0.4 is 10.6 Å². The van der Waals surface area contributed by atoms with E-state index < -0.39 is 5.54 Å². The monoisotopic (exact) mass is 447 g/mol. The minimum absolute atomic E-state index is 0.0126. The van der Waals surface area contributed by atoms with Gasteiger partial charge in [-0.05, 0) is 47.9 Å². The SMILES string of the molecule is CC(C)C[C@H]1[C@@H]2N(Cc3ccccc3)C[C@@H]3C[C@H]1C(=O)N[C@@]32C(=O)NCc1ccc(O)cc1. The van der Waals surface area contributed by atoms with E-state index in [4.69, 9.17) is 0 Å². The summed E-state index contributed by atoms with van der Waals surface area (Å²) in [7, 11) is 0. The van der Waals surface area contributed by atoms with Crippen LogP contribution in [0.1, 0.15) is 37.8 Å². The van der Waals surface area contributed by atoms with Crippen LogP contribution >= 0.6 is 0 Å². The predicted molar refractivity (Wildman–Crippen MR) is 126 cm³/mol. The van der Waals surface area contributed by atoms with Gasteiger partial charge in [0.2, 0.25) is 11.8 Å². The second-order valence-electron chi connectivity index (χ2n) is 10.4. The largest absolute Gasteiger partial charge is 0.508 e. The molecular weight excluding hydrogens is 414 g/mol. The molecule has 1 aliphatic carbocycles. The van der Waals surface area contributed by atoms with Crippen LogP contribution in [0, 0.1) is 23.7 Å². The first-order valence-electron chi connectivity index (χ1n) is 12.0. The molecule has 2 aromatic carbocycles. The minimum Gasteiger partial charge on any atom is -0.508 e. The lowest BCUT2D eigenvalue weighted by molar-refractivity contribution is -0.155. The van der Waals surface area contributed by atoms with Crippen molar-refractivity contribution in [3.8, 4) is 5.75 Å². The van der Waals surface area contributed by atoms with Crippen molar-refractivity contribution in [3.63, 3.8) is 0 Å². The van der Waals surface area contributed by atoms with Gasteiger partial charge in [0.25, 0.3) is 0 Å². The standard InChI is InChI=1S/C27H33N3O3/c1-17(2)12-22-23-13-20-16-30(15-19-6-4-3-5-7-19)24(22)27(20,29-25(23)32)26(33)28-14-18-8-10-21(31)11-9-18/h3-11,17,20,22-24,31H,12-16H2,1-2H3,(H,28,33)(H,29,32)/t20-,22+,23+,24-,27-/m0/s1. The summed E-state index contributed by atoms with van der Waals surface area (Å²) in [4.78, 5) is 29.4. The number of nitrogens with zero attached hydrogens (tertiary/aromatic N) is 1. The summed E-state index contributed by atoms with van der Waals surface area (Å²) in [5, 5.41) is 15.9. The Bertz CT molecular complexity index is 1020. The number of fused-ring (bicyclic) bond motifs is 1. The van der Waals surface area contributed by atoms with Crippen molar-refractivity contribution < 1.29 is 14.7 Å². The summed E-state index contributed by atoms with van der Waals surface area (Å²) in [6.45, 7) is 6.37. The van der Waals surface area contributed by atoms with Crippen molar-refractivity contribution in [3.05, 3.63) is 65.7 Å². The molecule has 6 nitrogen and oxygen atoms in total. The summed E-state index contributed by atoms with van der Waals surface area (Å²) in [5.41, 5.74) is 1.26. The number of carbonyl (C=O) groups excluding carboxylic acids is 2. The molecule has 6 rings (SSSR count). The van der Waals surface area contributed by atoms with E-state index in [2.05, 4.69) is 53.6 Å². The number of phenolic OH excluding ortho intramolecular Hbond substituents is 1. The number of rotatable bonds is 7. The number of benzene rings is 2. The van der Waals surface area contributed by atoms with E-state index in [0.29, 0.717) is 12.5 Å². The maximum Gasteiger partial charge on any atom is 0.248 e. The minimum atomic E-state index is -0.892. The third kappa shape index (κ3) is 3.80. The molecule has 3 saturated heterocycles. The summed E-state index contributed by atoms with van der Waals surface area (Å²) in [5.74, 6) is 0.869. The van der Waals surface area contributed by atoms with Crippen LogP contribution in [0.4, 0.5) is 0 Å². The third-order valence-corrected chi connectivity index (χ3v) is 7.82. The fourth-order valence-electron chi connectivity index (χ4n) is 6.55. The van der Waals surface area contributed by atoms with Crippen LogP contribution in [0.3, 0.4) is 0 Å². The van der Waals surface area contributed by atoms with E-state index in [0.717, 1.165) is 31.5 Å². The van der Waals surface area contributed by atoms with Crippen LogP contribution in [-0.4, -0.2) is 39.9 Å². The van der Waals surface area contributed by atoms with Crippen molar-refractivity contribution >= 4 is 11.8 Å². The molecule has 33 heavy (non-hydrogen) atoms. The van der Waals surface area contributed by atoms with Gasteiger partial charge in [0, 0.05) is 37.5 Å². The smallest absolute Gasteiger partial charge is 0.248 e. The number of carbonyl (C=O) groups is 2. The Labute approximate surface area is 195 Å². The Morgan fingerprint density at radius 3 is 2.58 bits per heavy atom. The lowest BCUT2D eigenvalue weighted by Gasteiger charge is -2.55.